The fraction of sp³-hybridized carbons (Fsp3) is 0.389. The summed E-state index contributed by atoms with van der Waals surface area (Å²) in [5.41, 5.74) is 4.09. The van der Waals surface area contributed by atoms with Crippen LogP contribution in [0.3, 0.4) is 0 Å². The number of likely N-dealkylation sites (tertiary alicyclic amines) is 1. The van der Waals surface area contributed by atoms with Crippen LogP contribution in [0, 0.1) is 6.92 Å². The molecule has 0 aromatic heterocycles. The Morgan fingerprint density at radius 2 is 1.70 bits per heavy atom. The van der Waals surface area contributed by atoms with E-state index in [0.717, 1.165) is 61.5 Å². The lowest BCUT2D eigenvalue weighted by atomic mass is 9.85. The Kier molecular flexibility index (Phi) is 9.33. The molecule has 1 unspecified atom stereocenters. The van der Waals surface area contributed by atoms with Crippen molar-refractivity contribution in [1.29, 1.82) is 0 Å². The number of nitrogens with zero attached hydrogens (tertiary/aromatic N) is 1. The molecule has 5 rings (SSSR count). The summed E-state index contributed by atoms with van der Waals surface area (Å²) in [7, 11) is 0. The van der Waals surface area contributed by atoms with Gasteiger partial charge in [0.25, 0.3) is 5.91 Å². The van der Waals surface area contributed by atoms with E-state index in [9.17, 15) is 14.7 Å². The third kappa shape index (κ3) is 7.00. The lowest BCUT2D eigenvalue weighted by Crippen LogP contribution is -3.14. The fourth-order valence-electron chi connectivity index (χ4n) is 5.87. The zero-order valence-corrected chi connectivity index (χ0v) is 25.7. The van der Waals surface area contributed by atoms with Gasteiger partial charge in [-0.05, 0) is 52.3 Å². The van der Waals surface area contributed by atoms with Crippen molar-refractivity contribution < 1.29 is 29.1 Å². The first-order chi connectivity index (χ1) is 20.6. The summed E-state index contributed by atoms with van der Waals surface area (Å²) in [6.07, 6.45) is 0.735. The van der Waals surface area contributed by atoms with Crippen molar-refractivity contribution in [1.82, 2.24) is 4.90 Å². The molecule has 3 aromatic carbocycles. The quantitative estimate of drug-likeness (QED) is 0.238. The van der Waals surface area contributed by atoms with E-state index in [4.69, 9.17) is 9.47 Å². The molecule has 0 saturated carbocycles. The molecule has 2 aliphatic heterocycles. The van der Waals surface area contributed by atoms with E-state index < -0.39 is 23.5 Å². The molecule has 3 aromatic rings. The number of quaternary nitrogens is 1. The van der Waals surface area contributed by atoms with Gasteiger partial charge in [0, 0.05) is 18.5 Å². The molecule has 2 fully saturated rings. The van der Waals surface area contributed by atoms with Crippen LogP contribution in [0.2, 0.25) is 0 Å². The van der Waals surface area contributed by atoms with E-state index in [1.807, 2.05) is 61.5 Å². The minimum Gasteiger partial charge on any atom is -0.872 e. The lowest BCUT2D eigenvalue weighted by Gasteiger charge is -2.29. The first-order valence-corrected chi connectivity index (χ1v) is 15.2. The van der Waals surface area contributed by atoms with Crippen molar-refractivity contribution in [3.05, 3.63) is 106 Å². The van der Waals surface area contributed by atoms with Crippen molar-refractivity contribution in [2.75, 3.05) is 39.4 Å². The third-order valence-electron chi connectivity index (χ3n) is 8.43. The highest BCUT2D eigenvalue weighted by Crippen LogP contribution is 2.40. The maximum absolute atomic E-state index is 14.0. The summed E-state index contributed by atoms with van der Waals surface area (Å²) in [6.45, 7) is 13.3. The van der Waals surface area contributed by atoms with Gasteiger partial charge in [-0.15, -0.1) is 0 Å². The topological polar surface area (TPSA) is 83.3 Å². The van der Waals surface area contributed by atoms with Gasteiger partial charge >= 0.3 is 0 Å². The van der Waals surface area contributed by atoms with Crippen LogP contribution in [-0.4, -0.2) is 56.0 Å². The van der Waals surface area contributed by atoms with Gasteiger partial charge in [-0.25, -0.2) is 0 Å². The van der Waals surface area contributed by atoms with E-state index in [-0.39, 0.29) is 11.0 Å². The number of Topliss-reactive ketones (excluding diaryl/α,β-unsaturated/α-hetero) is 1. The van der Waals surface area contributed by atoms with Crippen molar-refractivity contribution >= 4 is 17.4 Å². The van der Waals surface area contributed by atoms with Crippen LogP contribution >= 0.6 is 0 Å². The highest BCUT2D eigenvalue weighted by Gasteiger charge is 2.44. The van der Waals surface area contributed by atoms with E-state index >= 15 is 0 Å². The highest BCUT2D eigenvalue weighted by molar-refractivity contribution is 6.46. The summed E-state index contributed by atoms with van der Waals surface area (Å²) in [5.74, 6) is -1.07. The second kappa shape index (κ2) is 13.1. The second-order valence-electron chi connectivity index (χ2n) is 12.6. The largest absolute Gasteiger partial charge is 0.872 e. The average Bonchev–Trinajstić information content (AvgIpc) is 3.26. The van der Waals surface area contributed by atoms with E-state index in [1.54, 1.807) is 23.1 Å². The van der Waals surface area contributed by atoms with Crippen molar-refractivity contribution in [3.8, 4) is 5.75 Å². The maximum atomic E-state index is 14.0. The molecule has 2 aliphatic rings. The molecule has 2 saturated heterocycles. The Bertz CT molecular complexity index is 1470. The SMILES string of the molecule is Cc1cc(/C([O-])=C2\C(=O)C(=O)N(CCC[NH+]3CCOCC3)C2c2ccc(C(C)(C)C)cc2)ccc1OCc1ccccc1. The van der Waals surface area contributed by atoms with Crippen molar-refractivity contribution in [3.63, 3.8) is 0 Å². The summed E-state index contributed by atoms with van der Waals surface area (Å²) < 4.78 is 11.5. The van der Waals surface area contributed by atoms with Gasteiger partial charge in [0.15, 0.2) is 0 Å². The van der Waals surface area contributed by atoms with Crippen LogP contribution < -0.4 is 14.7 Å². The predicted octanol–water partition coefficient (Wildman–Crippen LogP) is 3.40. The molecule has 0 aliphatic carbocycles. The van der Waals surface area contributed by atoms with Crippen LogP contribution in [0.1, 0.15) is 61.1 Å². The predicted molar refractivity (Wildman–Crippen MR) is 164 cm³/mol. The van der Waals surface area contributed by atoms with Crippen LogP contribution in [0.4, 0.5) is 0 Å². The van der Waals surface area contributed by atoms with Crippen molar-refractivity contribution in [2.24, 2.45) is 0 Å². The Morgan fingerprint density at radius 1 is 1.00 bits per heavy atom. The molecule has 2 heterocycles. The van der Waals surface area contributed by atoms with Gasteiger partial charge in [0.1, 0.15) is 25.4 Å². The Hall–Kier alpha value is -3.94. The number of carbonyl (C=O) groups is 2. The van der Waals surface area contributed by atoms with Gasteiger partial charge in [-0.3, -0.25) is 9.59 Å². The van der Waals surface area contributed by atoms with Gasteiger partial charge in [-0.1, -0.05) is 87.2 Å². The zero-order valence-electron chi connectivity index (χ0n) is 25.7. The normalized spacial score (nSPS) is 19.2. The summed E-state index contributed by atoms with van der Waals surface area (Å²) in [5, 5.41) is 14.0. The first kappa shape index (κ1) is 30.5. The van der Waals surface area contributed by atoms with E-state index in [2.05, 4.69) is 20.8 Å². The minimum atomic E-state index is -0.726. The number of nitrogens with one attached hydrogen (secondary N) is 1. The summed E-state index contributed by atoms with van der Waals surface area (Å²) in [6, 6.07) is 22.3. The molecule has 0 radical (unpaired) electrons. The molecular formula is C36H42N2O5. The molecule has 1 atom stereocenters. The molecular weight excluding hydrogens is 540 g/mol. The fourth-order valence-corrected chi connectivity index (χ4v) is 5.87. The molecule has 226 valence electrons. The van der Waals surface area contributed by atoms with E-state index in [0.29, 0.717) is 24.5 Å². The van der Waals surface area contributed by atoms with Crippen LogP contribution in [0.5, 0.6) is 5.75 Å². The summed E-state index contributed by atoms with van der Waals surface area (Å²) >= 11 is 0. The average molecular weight is 583 g/mol. The number of benzene rings is 3. The molecule has 7 heteroatoms. The number of amides is 1. The molecule has 0 spiro atoms. The van der Waals surface area contributed by atoms with Crippen LogP contribution in [0.15, 0.2) is 78.4 Å². The van der Waals surface area contributed by atoms with Gasteiger partial charge in [-0.2, -0.15) is 0 Å². The number of ether oxygens (including phenoxy) is 2. The van der Waals surface area contributed by atoms with Gasteiger partial charge in [0.2, 0.25) is 5.78 Å². The van der Waals surface area contributed by atoms with Crippen molar-refractivity contribution in [2.45, 2.75) is 52.2 Å². The lowest BCUT2D eigenvalue weighted by molar-refractivity contribution is -0.908. The van der Waals surface area contributed by atoms with Crippen LogP contribution in [-0.2, 0) is 26.3 Å². The number of aryl methyl sites for hydroxylation is 1. The Labute approximate surface area is 254 Å². The van der Waals surface area contributed by atoms with E-state index in [1.165, 1.54) is 4.90 Å². The first-order valence-electron chi connectivity index (χ1n) is 15.2. The molecule has 0 bridgehead atoms. The van der Waals surface area contributed by atoms with Crippen LogP contribution in [0.25, 0.3) is 5.76 Å². The Morgan fingerprint density at radius 3 is 2.35 bits per heavy atom. The Balaban J connectivity index is 1.44. The summed E-state index contributed by atoms with van der Waals surface area (Å²) in [4.78, 5) is 30.0. The number of ketones is 1. The second-order valence-corrected chi connectivity index (χ2v) is 12.6. The monoisotopic (exact) mass is 582 g/mol. The standard InChI is InChI=1S/C36H42N2O5/c1-25-23-28(13-16-30(25)43-24-26-9-6-5-7-10-26)33(39)31-32(27-11-14-29(15-12-27)36(2,3)4)38(35(41)34(31)40)18-8-17-37-19-21-42-22-20-37/h5-7,9-16,23,32,39H,8,17-22,24H2,1-4H3/b33-31+. The number of hydrogen-bond acceptors (Lipinski definition) is 5. The maximum Gasteiger partial charge on any atom is 0.295 e. The molecule has 43 heavy (non-hydrogen) atoms. The molecule has 7 nitrogen and oxygen atoms in total. The third-order valence-corrected chi connectivity index (χ3v) is 8.43. The van der Waals surface area contributed by atoms with Gasteiger partial charge in [0.05, 0.1) is 25.8 Å². The number of morpholine rings is 1. The number of carbonyl (C=O) groups excluding carboxylic acids is 2. The highest BCUT2D eigenvalue weighted by atomic mass is 16.5. The molecule has 1 amide bonds. The smallest absolute Gasteiger partial charge is 0.295 e. The zero-order chi connectivity index (χ0) is 30.6. The number of hydrogen-bond donors (Lipinski definition) is 1. The molecule has 1 N–H and O–H groups in total. The minimum absolute atomic E-state index is 0.0181. The van der Waals surface area contributed by atoms with Gasteiger partial charge < -0.3 is 24.4 Å². The number of rotatable bonds is 9.